The van der Waals surface area contributed by atoms with Crippen LogP contribution in [0.5, 0.6) is 11.5 Å². The molecule has 1 aromatic carbocycles. The second-order valence-corrected chi connectivity index (χ2v) is 4.50. The van der Waals surface area contributed by atoms with Crippen LogP contribution in [-0.2, 0) is 4.79 Å². The van der Waals surface area contributed by atoms with E-state index in [4.69, 9.17) is 10.5 Å². The van der Waals surface area contributed by atoms with Crippen molar-refractivity contribution in [2.24, 2.45) is 5.73 Å². The van der Waals surface area contributed by atoms with Gasteiger partial charge in [0.05, 0.1) is 18.3 Å². The topological polar surface area (TPSA) is 84.6 Å². The molecule has 1 aromatic rings. The number of benzene rings is 1. The Morgan fingerprint density at radius 2 is 2.22 bits per heavy atom. The van der Waals surface area contributed by atoms with E-state index in [2.05, 4.69) is 5.32 Å². The Hall–Kier alpha value is -1.75. The van der Waals surface area contributed by atoms with Gasteiger partial charge in [0.25, 0.3) is 0 Å². The number of carbonyl (C=O) groups excluding carboxylic acids is 1. The van der Waals surface area contributed by atoms with E-state index in [0.717, 1.165) is 6.42 Å². The van der Waals surface area contributed by atoms with Crippen LogP contribution >= 0.6 is 0 Å². The molecular weight excluding hydrogens is 232 g/mol. The Bertz CT molecular complexity index is 430. The van der Waals surface area contributed by atoms with E-state index in [0.29, 0.717) is 17.9 Å². The standard InChI is InChI=1S/C13H20N2O3/c1-4-7-13(2,14)12(17)15-10-6-5-9(18-3)8-11(10)16/h5-6,8,16H,4,7,14H2,1-3H3,(H,15,17). The predicted octanol–water partition coefficient (Wildman–Crippen LogP) is 1.86. The van der Waals surface area contributed by atoms with Crippen LogP contribution in [0, 0.1) is 0 Å². The van der Waals surface area contributed by atoms with Gasteiger partial charge in [-0.25, -0.2) is 0 Å². The zero-order valence-electron chi connectivity index (χ0n) is 11.0. The maximum Gasteiger partial charge on any atom is 0.244 e. The number of anilines is 1. The first-order chi connectivity index (χ1) is 8.40. The minimum Gasteiger partial charge on any atom is -0.506 e. The summed E-state index contributed by atoms with van der Waals surface area (Å²) in [7, 11) is 1.51. The van der Waals surface area contributed by atoms with Gasteiger partial charge < -0.3 is 20.9 Å². The zero-order valence-corrected chi connectivity index (χ0v) is 11.0. The van der Waals surface area contributed by atoms with Gasteiger partial charge >= 0.3 is 0 Å². The monoisotopic (exact) mass is 252 g/mol. The first-order valence-electron chi connectivity index (χ1n) is 5.88. The molecule has 5 nitrogen and oxygen atoms in total. The van der Waals surface area contributed by atoms with Gasteiger partial charge in [-0.05, 0) is 25.5 Å². The molecule has 0 radical (unpaired) electrons. The van der Waals surface area contributed by atoms with Crippen LogP contribution in [0.1, 0.15) is 26.7 Å². The smallest absolute Gasteiger partial charge is 0.244 e. The van der Waals surface area contributed by atoms with Gasteiger partial charge in [0.2, 0.25) is 5.91 Å². The largest absolute Gasteiger partial charge is 0.506 e. The lowest BCUT2D eigenvalue weighted by Gasteiger charge is -2.23. The maximum absolute atomic E-state index is 12.0. The Labute approximate surface area is 107 Å². The summed E-state index contributed by atoms with van der Waals surface area (Å²) in [5.41, 5.74) is 5.29. The highest BCUT2D eigenvalue weighted by molar-refractivity contribution is 5.98. The third-order valence-corrected chi connectivity index (χ3v) is 2.74. The van der Waals surface area contributed by atoms with Crippen LogP contribution < -0.4 is 15.8 Å². The molecule has 4 N–H and O–H groups in total. The molecule has 0 fully saturated rings. The molecule has 1 atom stereocenters. The third kappa shape index (κ3) is 3.37. The summed E-state index contributed by atoms with van der Waals surface area (Å²) in [4.78, 5) is 12.0. The van der Waals surface area contributed by atoms with Gasteiger partial charge in [0, 0.05) is 6.07 Å². The predicted molar refractivity (Wildman–Crippen MR) is 70.8 cm³/mol. The van der Waals surface area contributed by atoms with Gasteiger partial charge in [0.15, 0.2) is 0 Å². The number of phenolic OH excluding ortho intramolecular Hbond substituents is 1. The van der Waals surface area contributed by atoms with Gasteiger partial charge in [-0.3, -0.25) is 4.79 Å². The molecule has 0 bridgehead atoms. The molecule has 0 saturated carbocycles. The fourth-order valence-electron chi connectivity index (χ4n) is 1.64. The molecule has 1 rings (SSSR count). The number of methoxy groups -OCH3 is 1. The maximum atomic E-state index is 12.0. The number of phenols is 1. The highest BCUT2D eigenvalue weighted by Gasteiger charge is 2.27. The molecule has 1 amide bonds. The number of aromatic hydroxyl groups is 1. The number of ether oxygens (including phenoxy) is 1. The second-order valence-electron chi connectivity index (χ2n) is 4.50. The molecular formula is C13H20N2O3. The van der Waals surface area contributed by atoms with Crippen molar-refractivity contribution in [3.05, 3.63) is 18.2 Å². The Morgan fingerprint density at radius 1 is 1.56 bits per heavy atom. The third-order valence-electron chi connectivity index (χ3n) is 2.74. The van der Waals surface area contributed by atoms with E-state index in [1.807, 2.05) is 6.92 Å². The lowest BCUT2D eigenvalue weighted by Crippen LogP contribution is -2.48. The summed E-state index contributed by atoms with van der Waals surface area (Å²) in [6.45, 7) is 3.63. The SMILES string of the molecule is CCCC(C)(N)C(=O)Nc1ccc(OC)cc1O. The molecule has 0 aliphatic carbocycles. The fourth-order valence-corrected chi connectivity index (χ4v) is 1.64. The highest BCUT2D eigenvalue weighted by atomic mass is 16.5. The van der Waals surface area contributed by atoms with Crippen molar-refractivity contribution in [2.45, 2.75) is 32.2 Å². The molecule has 100 valence electrons. The van der Waals surface area contributed by atoms with Crippen LogP contribution in [0.4, 0.5) is 5.69 Å². The number of rotatable bonds is 5. The summed E-state index contributed by atoms with van der Waals surface area (Å²) < 4.78 is 4.96. The summed E-state index contributed by atoms with van der Waals surface area (Å²) in [5, 5.41) is 12.3. The zero-order chi connectivity index (χ0) is 13.8. The van der Waals surface area contributed by atoms with Gasteiger partial charge in [-0.2, -0.15) is 0 Å². The average Bonchev–Trinajstić information content (AvgIpc) is 2.31. The summed E-state index contributed by atoms with van der Waals surface area (Å²) >= 11 is 0. The van der Waals surface area contributed by atoms with E-state index in [1.165, 1.54) is 13.2 Å². The van der Waals surface area contributed by atoms with Crippen molar-refractivity contribution < 1.29 is 14.6 Å². The van der Waals surface area contributed by atoms with Crippen LogP contribution in [0.25, 0.3) is 0 Å². The van der Waals surface area contributed by atoms with Gasteiger partial charge in [-0.15, -0.1) is 0 Å². The van der Waals surface area contributed by atoms with E-state index < -0.39 is 5.54 Å². The fraction of sp³-hybridized carbons (Fsp3) is 0.462. The van der Waals surface area contributed by atoms with E-state index in [9.17, 15) is 9.90 Å². The van der Waals surface area contributed by atoms with Gasteiger partial charge in [0.1, 0.15) is 11.5 Å². The number of hydrogen-bond donors (Lipinski definition) is 3. The van der Waals surface area contributed by atoms with Crippen molar-refractivity contribution in [2.75, 3.05) is 12.4 Å². The van der Waals surface area contributed by atoms with E-state index in [1.54, 1.807) is 19.1 Å². The molecule has 18 heavy (non-hydrogen) atoms. The van der Waals surface area contributed by atoms with Crippen LogP contribution in [0.15, 0.2) is 18.2 Å². The summed E-state index contributed by atoms with van der Waals surface area (Å²) in [5.74, 6) is 0.161. The van der Waals surface area contributed by atoms with Gasteiger partial charge in [-0.1, -0.05) is 13.3 Å². The van der Waals surface area contributed by atoms with Crippen LogP contribution in [0.3, 0.4) is 0 Å². The first kappa shape index (κ1) is 14.3. The second kappa shape index (κ2) is 5.73. The lowest BCUT2D eigenvalue weighted by atomic mass is 9.96. The molecule has 5 heteroatoms. The average molecular weight is 252 g/mol. The summed E-state index contributed by atoms with van der Waals surface area (Å²) in [6, 6.07) is 4.67. The molecule has 1 unspecified atom stereocenters. The molecule has 0 aliphatic rings. The quantitative estimate of drug-likeness (QED) is 0.698. The molecule has 0 spiro atoms. The van der Waals surface area contributed by atoms with Crippen LogP contribution in [-0.4, -0.2) is 23.7 Å². The minimum atomic E-state index is -0.943. The van der Waals surface area contributed by atoms with E-state index in [-0.39, 0.29) is 11.7 Å². The van der Waals surface area contributed by atoms with Crippen molar-refractivity contribution in [3.63, 3.8) is 0 Å². The number of nitrogens with two attached hydrogens (primary N) is 1. The van der Waals surface area contributed by atoms with Crippen molar-refractivity contribution in [1.82, 2.24) is 0 Å². The normalized spacial score (nSPS) is 13.8. The Kier molecular flexibility index (Phi) is 4.55. The van der Waals surface area contributed by atoms with Crippen molar-refractivity contribution >= 4 is 11.6 Å². The molecule has 0 aromatic heterocycles. The van der Waals surface area contributed by atoms with E-state index >= 15 is 0 Å². The van der Waals surface area contributed by atoms with Crippen molar-refractivity contribution in [3.8, 4) is 11.5 Å². The number of nitrogens with one attached hydrogen (secondary N) is 1. The number of hydrogen-bond acceptors (Lipinski definition) is 4. The lowest BCUT2D eigenvalue weighted by molar-refractivity contribution is -0.120. The number of amides is 1. The molecule has 0 saturated heterocycles. The summed E-state index contributed by atoms with van der Waals surface area (Å²) in [6.07, 6.45) is 1.39. The highest BCUT2D eigenvalue weighted by Crippen LogP contribution is 2.28. The van der Waals surface area contributed by atoms with Crippen LogP contribution in [0.2, 0.25) is 0 Å². The molecule has 0 heterocycles. The number of carbonyl (C=O) groups is 1. The Balaban J connectivity index is 2.82. The Morgan fingerprint density at radius 3 is 2.72 bits per heavy atom. The molecule has 0 aliphatic heterocycles. The van der Waals surface area contributed by atoms with Crippen molar-refractivity contribution in [1.29, 1.82) is 0 Å². The first-order valence-corrected chi connectivity index (χ1v) is 5.88. The minimum absolute atomic E-state index is 0.0463.